The third-order valence-electron chi connectivity index (χ3n) is 5.73. The Balaban J connectivity index is 1.26. The van der Waals surface area contributed by atoms with E-state index in [1.807, 2.05) is 23.1 Å². The number of aromatic nitrogens is 3. The number of para-hydroxylation sites is 1. The van der Waals surface area contributed by atoms with E-state index < -0.39 is 0 Å². The number of ether oxygens (including phenoxy) is 1. The predicted octanol–water partition coefficient (Wildman–Crippen LogP) is 2.65. The van der Waals surface area contributed by atoms with Crippen molar-refractivity contribution in [2.24, 2.45) is 0 Å². The van der Waals surface area contributed by atoms with Crippen LogP contribution in [0.3, 0.4) is 0 Å². The molecule has 2 aliphatic heterocycles. The average molecular weight is 407 g/mol. The third kappa shape index (κ3) is 3.54. The highest BCUT2D eigenvalue weighted by Crippen LogP contribution is 2.27. The van der Waals surface area contributed by atoms with Gasteiger partial charge in [-0.2, -0.15) is 0 Å². The maximum absolute atomic E-state index is 13.2. The molecular formula is C22H22FN5O2. The van der Waals surface area contributed by atoms with E-state index in [1.54, 1.807) is 16.8 Å². The maximum Gasteiger partial charge on any atom is 0.276 e. The number of carbonyl (C=O) groups is 1. The van der Waals surface area contributed by atoms with Crippen LogP contribution in [-0.2, 0) is 17.9 Å². The number of carbonyl (C=O) groups excluding carboxylic acids is 1. The Bertz CT molecular complexity index is 1030. The van der Waals surface area contributed by atoms with Gasteiger partial charge in [-0.05, 0) is 29.8 Å². The molecule has 0 aliphatic carbocycles. The summed E-state index contributed by atoms with van der Waals surface area (Å²) in [6, 6.07) is 16.5. The van der Waals surface area contributed by atoms with Crippen molar-refractivity contribution in [2.45, 2.75) is 19.3 Å². The smallest absolute Gasteiger partial charge is 0.276 e. The van der Waals surface area contributed by atoms with E-state index >= 15 is 0 Å². The molecule has 2 aromatic carbocycles. The SMILES string of the molecule is O=C(c1nnn2c1CO[C@@H](c1ccc(F)cc1)C2)N1CCN(c2ccccc2)CC1. The van der Waals surface area contributed by atoms with Crippen LogP contribution >= 0.6 is 0 Å². The first kappa shape index (κ1) is 18.7. The summed E-state index contributed by atoms with van der Waals surface area (Å²) in [7, 11) is 0. The number of fused-ring (bicyclic) bond motifs is 1. The quantitative estimate of drug-likeness (QED) is 0.668. The fraction of sp³-hybridized carbons (Fsp3) is 0.318. The first-order chi connectivity index (χ1) is 14.7. The number of benzene rings is 2. The van der Waals surface area contributed by atoms with Gasteiger partial charge in [-0.3, -0.25) is 4.79 Å². The molecule has 7 nitrogen and oxygen atoms in total. The minimum Gasteiger partial charge on any atom is -0.368 e. The summed E-state index contributed by atoms with van der Waals surface area (Å²) in [5.41, 5.74) is 3.11. The van der Waals surface area contributed by atoms with Crippen LogP contribution in [0.4, 0.5) is 10.1 Å². The first-order valence-electron chi connectivity index (χ1n) is 10.1. The number of rotatable bonds is 3. The molecule has 0 unspecified atom stereocenters. The second kappa shape index (κ2) is 7.87. The van der Waals surface area contributed by atoms with Crippen molar-refractivity contribution < 1.29 is 13.9 Å². The fourth-order valence-corrected chi connectivity index (χ4v) is 4.01. The zero-order chi connectivity index (χ0) is 20.5. The van der Waals surface area contributed by atoms with Crippen LogP contribution in [-0.4, -0.2) is 52.0 Å². The molecule has 1 atom stereocenters. The van der Waals surface area contributed by atoms with Crippen LogP contribution in [0.15, 0.2) is 54.6 Å². The van der Waals surface area contributed by atoms with Gasteiger partial charge in [0.1, 0.15) is 11.9 Å². The van der Waals surface area contributed by atoms with Crippen molar-refractivity contribution in [2.75, 3.05) is 31.1 Å². The van der Waals surface area contributed by atoms with Crippen LogP contribution < -0.4 is 4.90 Å². The summed E-state index contributed by atoms with van der Waals surface area (Å²) in [6.07, 6.45) is -0.239. The molecule has 0 N–H and O–H groups in total. The summed E-state index contributed by atoms with van der Waals surface area (Å²) < 4.78 is 20.8. The van der Waals surface area contributed by atoms with Gasteiger partial charge >= 0.3 is 0 Å². The molecule has 3 heterocycles. The van der Waals surface area contributed by atoms with Gasteiger partial charge in [-0.15, -0.1) is 5.10 Å². The van der Waals surface area contributed by atoms with E-state index in [9.17, 15) is 9.18 Å². The summed E-state index contributed by atoms with van der Waals surface area (Å²) in [6.45, 7) is 3.53. The standard InChI is InChI=1S/C22H22FN5O2/c23-17-8-6-16(7-9-17)20-14-28-19(15-30-20)21(24-25-28)22(29)27-12-10-26(11-13-27)18-4-2-1-3-5-18/h1-9,20H,10-15H2/t20-/m1/s1. The molecular weight excluding hydrogens is 385 g/mol. The molecule has 0 saturated carbocycles. The Labute approximate surface area is 173 Å². The molecule has 0 radical (unpaired) electrons. The van der Waals surface area contributed by atoms with Gasteiger partial charge < -0.3 is 14.5 Å². The normalized spacial score (nSPS) is 18.9. The maximum atomic E-state index is 13.2. The number of amides is 1. The summed E-state index contributed by atoms with van der Waals surface area (Å²) in [5, 5.41) is 8.34. The number of anilines is 1. The van der Waals surface area contributed by atoms with Gasteiger partial charge in [0.2, 0.25) is 0 Å². The van der Waals surface area contributed by atoms with Gasteiger partial charge in [-0.25, -0.2) is 9.07 Å². The van der Waals surface area contributed by atoms with E-state index in [1.165, 1.54) is 17.8 Å². The number of hydrogen-bond donors (Lipinski definition) is 0. The van der Waals surface area contributed by atoms with Crippen LogP contribution in [0.25, 0.3) is 0 Å². The van der Waals surface area contributed by atoms with Gasteiger partial charge in [0, 0.05) is 31.9 Å². The lowest BCUT2D eigenvalue weighted by molar-refractivity contribution is -0.00199. The zero-order valence-electron chi connectivity index (χ0n) is 16.4. The number of hydrogen-bond acceptors (Lipinski definition) is 5. The number of piperazine rings is 1. The highest BCUT2D eigenvalue weighted by Gasteiger charge is 2.31. The summed E-state index contributed by atoms with van der Waals surface area (Å²) in [5.74, 6) is -0.385. The fourth-order valence-electron chi connectivity index (χ4n) is 4.01. The lowest BCUT2D eigenvalue weighted by Crippen LogP contribution is -2.49. The van der Waals surface area contributed by atoms with Crippen LogP contribution in [0.5, 0.6) is 0 Å². The van der Waals surface area contributed by atoms with E-state index in [0.29, 0.717) is 31.0 Å². The van der Waals surface area contributed by atoms with E-state index in [-0.39, 0.29) is 24.4 Å². The van der Waals surface area contributed by atoms with E-state index in [4.69, 9.17) is 4.74 Å². The molecule has 8 heteroatoms. The third-order valence-corrected chi connectivity index (χ3v) is 5.73. The molecule has 30 heavy (non-hydrogen) atoms. The van der Waals surface area contributed by atoms with Gasteiger partial charge in [0.05, 0.1) is 18.8 Å². The first-order valence-corrected chi connectivity index (χ1v) is 10.1. The van der Waals surface area contributed by atoms with Gasteiger partial charge in [-0.1, -0.05) is 35.5 Å². The molecule has 5 rings (SSSR count). The van der Waals surface area contributed by atoms with Crippen molar-refractivity contribution in [1.29, 1.82) is 0 Å². The average Bonchev–Trinajstić information content (AvgIpc) is 3.23. The number of nitrogens with zero attached hydrogens (tertiary/aromatic N) is 5. The number of halogens is 1. The van der Waals surface area contributed by atoms with E-state index in [0.717, 1.165) is 18.7 Å². The van der Waals surface area contributed by atoms with Crippen molar-refractivity contribution in [3.63, 3.8) is 0 Å². The van der Waals surface area contributed by atoms with Crippen LogP contribution in [0.2, 0.25) is 0 Å². The van der Waals surface area contributed by atoms with Crippen molar-refractivity contribution >= 4 is 11.6 Å². The lowest BCUT2D eigenvalue weighted by Gasteiger charge is -2.36. The molecule has 3 aromatic rings. The Hall–Kier alpha value is -3.26. The molecule has 1 aromatic heterocycles. The molecule has 1 amide bonds. The van der Waals surface area contributed by atoms with Crippen molar-refractivity contribution in [3.8, 4) is 0 Å². The second-order valence-electron chi connectivity index (χ2n) is 7.53. The monoisotopic (exact) mass is 407 g/mol. The van der Waals surface area contributed by atoms with Crippen molar-refractivity contribution in [1.82, 2.24) is 19.9 Å². The second-order valence-corrected chi connectivity index (χ2v) is 7.53. The highest BCUT2D eigenvalue weighted by molar-refractivity contribution is 5.93. The zero-order valence-corrected chi connectivity index (χ0v) is 16.4. The van der Waals surface area contributed by atoms with Gasteiger partial charge in [0.15, 0.2) is 5.69 Å². The molecule has 0 spiro atoms. The summed E-state index contributed by atoms with van der Waals surface area (Å²) >= 11 is 0. The Morgan fingerprint density at radius 2 is 1.73 bits per heavy atom. The molecule has 0 bridgehead atoms. The highest BCUT2D eigenvalue weighted by atomic mass is 19.1. The molecule has 1 fully saturated rings. The molecule has 154 valence electrons. The lowest BCUT2D eigenvalue weighted by atomic mass is 10.1. The minimum absolute atomic E-state index is 0.104. The van der Waals surface area contributed by atoms with Crippen molar-refractivity contribution in [3.05, 3.63) is 77.4 Å². The summed E-state index contributed by atoms with van der Waals surface area (Å²) in [4.78, 5) is 17.2. The Morgan fingerprint density at radius 3 is 2.47 bits per heavy atom. The topological polar surface area (TPSA) is 63.5 Å². The minimum atomic E-state index is -0.281. The Kier molecular flexibility index (Phi) is 4.92. The predicted molar refractivity (Wildman–Crippen MR) is 109 cm³/mol. The van der Waals surface area contributed by atoms with Gasteiger partial charge in [0.25, 0.3) is 5.91 Å². The van der Waals surface area contributed by atoms with E-state index in [2.05, 4.69) is 27.3 Å². The van der Waals surface area contributed by atoms with Crippen LogP contribution in [0, 0.1) is 5.82 Å². The molecule has 2 aliphatic rings. The molecule has 1 saturated heterocycles. The largest absolute Gasteiger partial charge is 0.368 e. The Morgan fingerprint density at radius 1 is 1.00 bits per heavy atom. The van der Waals surface area contributed by atoms with Crippen LogP contribution in [0.1, 0.15) is 27.8 Å².